The average molecular weight is 1440 g/mol. The van der Waals surface area contributed by atoms with E-state index in [4.69, 9.17) is 14.3 Å². The SMILES string of the molecule is C=C1N[C@@H](CC)C(=O)N(C)[C@H](C)C(=O)N(C)C([C@@H](C)OCCCCN2CCOCC2)C(=O)NC(C(C)C)C(=O)N(C)[C@@H](CC(C)C)C(=O)NC(C)C(=O)N2C(C)C[C@@H](C(=O)N(C)C(C(C)C)C(=O)N3O[C@H](C(C)CCCCCn4nc5ccccc5n4)[C@@H]13)N(C)C(=O)C(CC(C)C)N(C)C(=O)[C@H]2C. The van der Waals surface area contributed by atoms with Crippen LogP contribution in [0.5, 0.6) is 0 Å². The van der Waals surface area contributed by atoms with E-state index in [1.807, 2.05) is 58.9 Å². The van der Waals surface area contributed by atoms with Crippen LogP contribution in [0.15, 0.2) is 36.5 Å². The van der Waals surface area contributed by atoms with Crippen LogP contribution in [-0.2, 0) is 68.8 Å². The Labute approximate surface area is 612 Å². The number of morpholine rings is 1. The van der Waals surface area contributed by atoms with Gasteiger partial charge in [0.05, 0.1) is 25.9 Å². The highest BCUT2D eigenvalue weighted by Gasteiger charge is 2.53. The minimum absolute atomic E-state index is 0.112. The molecule has 0 radical (unpaired) electrons. The van der Waals surface area contributed by atoms with Gasteiger partial charge in [-0.25, -0.2) is 5.06 Å². The van der Waals surface area contributed by atoms with Crippen molar-refractivity contribution in [3.8, 4) is 0 Å². The van der Waals surface area contributed by atoms with Crippen molar-refractivity contribution in [2.75, 3.05) is 81.7 Å². The number of carbonyl (C=O) groups is 10. The lowest BCUT2D eigenvalue weighted by atomic mass is 9.87. The van der Waals surface area contributed by atoms with Crippen molar-refractivity contribution in [1.29, 1.82) is 0 Å². The predicted octanol–water partition coefficient (Wildman–Crippen LogP) is 4.94. The number of ether oxygens (including phenoxy) is 2. The molecule has 28 heteroatoms. The largest absolute Gasteiger partial charge is 0.379 e. The van der Waals surface area contributed by atoms with E-state index in [1.54, 1.807) is 67.1 Å². The van der Waals surface area contributed by atoms with Crippen molar-refractivity contribution in [3.63, 3.8) is 0 Å². The lowest BCUT2D eigenvalue weighted by molar-refractivity contribution is -0.322. The van der Waals surface area contributed by atoms with Gasteiger partial charge in [0.1, 0.15) is 83.6 Å². The van der Waals surface area contributed by atoms with Crippen molar-refractivity contribution >= 4 is 70.1 Å². The third-order valence-corrected chi connectivity index (χ3v) is 21.3. The van der Waals surface area contributed by atoms with Gasteiger partial charge >= 0.3 is 0 Å². The summed E-state index contributed by atoms with van der Waals surface area (Å²) in [6.07, 6.45) is 3.25. The molecule has 7 unspecified atom stereocenters. The molecule has 1 aromatic carbocycles. The van der Waals surface area contributed by atoms with Gasteiger partial charge in [-0.15, -0.1) is 0 Å². The van der Waals surface area contributed by atoms with Crippen LogP contribution in [0.1, 0.15) is 168 Å². The number of amides is 10. The van der Waals surface area contributed by atoms with Crippen LogP contribution in [0.25, 0.3) is 11.0 Å². The minimum Gasteiger partial charge on any atom is -0.379 e. The molecule has 4 aliphatic heterocycles. The second-order valence-corrected chi connectivity index (χ2v) is 30.9. The molecular weight excluding hydrogens is 1320 g/mol. The van der Waals surface area contributed by atoms with Gasteiger partial charge in [0.25, 0.3) is 5.91 Å². The molecule has 3 N–H and O–H groups in total. The Balaban J connectivity index is 1.44. The van der Waals surface area contributed by atoms with Crippen LogP contribution in [0.2, 0.25) is 0 Å². The molecule has 4 fully saturated rings. The van der Waals surface area contributed by atoms with Crippen molar-refractivity contribution in [2.45, 2.75) is 259 Å². The number of benzene rings is 1. The molecule has 578 valence electrons. The summed E-state index contributed by atoms with van der Waals surface area (Å²) in [4.78, 5) is 172. The van der Waals surface area contributed by atoms with Crippen LogP contribution in [-0.4, -0.2) is 285 Å². The summed E-state index contributed by atoms with van der Waals surface area (Å²) >= 11 is 0. The van der Waals surface area contributed by atoms with Gasteiger partial charge in [0.15, 0.2) is 0 Å². The Bertz CT molecular complexity index is 3210. The number of nitrogens with zero attached hydrogens (tertiary/aromatic N) is 12. The van der Waals surface area contributed by atoms with Crippen LogP contribution < -0.4 is 16.0 Å². The number of hydrogen-bond donors (Lipinski definition) is 3. The van der Waals surface area contributed by atoms with Crippen LogP contribution in [0.3, 0.4) is 0 Å². The number of aromatic nitrogens is 3. The third-order valence-electron chi connectivity index (χ3n) is 21.3. The first-order valence-corrected chi connectivity index (χ1v) is 37.7. The van der Waals surface area contributed by atoms with Crippen LogP contribution in [0, 0.1) is 29.6 Å². The summed E-state index contributed by atoms with van der Waals surface area (Å²) in [7, 11) is 8.92. The number of carbonyl (C=O) groups excluding carboxylic acids is 10. The average Bonchev–Trinajstić information content (AvgIpc) is 1.12. The second kappa shape index (κ2) is 38.1. The van der Waals surface area contributed by atoms with Gasteiger partial charge in [0, 0.05) is 73.7 Å². The molecule has 0 spiro atoms. The number of aryl methyl sites for hydroxylation is 1. The van der Waals surface area contributed by atoms with Crippen molar-refractivity contribution in [2.24, 2.45) is 29.6 Å². The Morgan fingerprint density at radius 1 is 0.573 bits per heavy atom. The zero-order valence-electron chi connectivity index (χ0n) is 65.7. The second-order valence-electron chi connectivity index (χ2n) is 30.9. The zero-order chi connectivity index (χ0) is 76.8. The summed E-state index contributed by atoms with van der Waals surface area (Å²) < 4.78 is 12.0. The molecule has 4 aliphatic rings. The molecule has 6 rings (SSSR count). The Hall–Kier alpha value is -7.30. The third kappa shape index (κ3) is 20.8. The summed E-state index contributed by atoms with van der Waals surface area (Å²) in [6.45, 7) is 35.6. The van der Waals surface area contributed by atoms with Crippen molar-refractivity contribution in [3.05, 3.63) is 36.5 Å². The number of hydroxylamine groups is 2. The Morgan fingerprint density at radius 2 is 1.15 bits per heavy atom. The van der Waals surface area contributed by atoms with Crippen LogP contribution >= 0.6 is 0 Å². The maximum atomic E-state index is 15.8. The first-order valence-electron chi connectivity index (χ1n) is 37.7. The molecular formula is C75H125N15O13. The van der Waals surface area contributed by atoms with Gasteiger partial charge in [-0.05, 0) is 134 Å². The lowest BCUT2D eigenvalue weighted by Gasteiger charge is -2.52. The van der Waals surface area contributed by atoms with E-state index in [1.165, 1.54) is 88.6 Å². The van der Waals surface area contributed by atoms with Gasteiger partial charge < -0.3 is 59.7 Å². The van der Waals surface area contributed by atoms with E-state index >= 15 is 38.4 Å². The number of hydrogen-bond acceptors (Lipinski definition) is 17. The fourth-order valence-electron chi connectivity index (χ4n) is 14.8. The maximum Gasteiger partial charge on any atom is 0.269 e. The van der Waals surface area contributed by atoms with E-state index in [2.05, 4.69) is 37.6 Å². The highest BCUT2D eigenvalue weighted by molar-refractivity contribution is 5.99. The topological polar surface area (TPSA) is 294 Å². The fraction of sp³-hybridized carbons (Fsp3) is 0.760. The standard InChI is InChI=1S/C75H125N15O13/c1-23-55-71(96)81(17)52(14)69(94)86(22)64(54(16)102-38-30-29-34-87-36-39-101-40-37-87)67(92)78-61(46(6)7)74(99)82(18)58(41-44(2)3)66(91)77-51(13)68(93)89-49(11)43-60(84(20)72(97)59(42-45(4)5)83(19)70(95)53(89)15)73(98)85(21)62(47(8)9)75(100)90-63(50(12)76-55)65(103-90)48(10)31-25-24-28-35-88-79-56-32-26-27-33-57(56)80-88/h26-27,32-33,44-49,51-55,58-65,76H,12,23-25,28-31,34-43H2,1-11,13-22H3,(H,77,91)(H,78,92)/t48?,49?,51?,52-,53-,54-,55+,58+,59?,60+,61?,62?,63-,64?,65-/m1/s1. The first kappa shape index (κ1) is 84.6. The Kier molecular flexibility index (Phi) is 31.3. The maximum absolute atomic E-state index is 15.8. The summed E-state index contributed by atoms with van der Waals surface area (Å²) in [6, 6.07) is -6.35. The molecule has 103 heavy (non-hydrogen) atoms. The molecule has 2 bridgehead atoms. The molecule has 4 saturated heterocycles. The molecule has 10 amide bonds. The summed E-state index contributed by atoms with van der Waals surface area (Å²) in [5.74, 6) is -7.74. The fourth-order valence-corrected chi connectivity index (χ4v) is 14.8. The summed E-state index contributed by atoms with van der Waals surface area (Å²) in [5, 5.41) is 19.6. The van der Waals surface area contributed by atoms with Crippen LogP contribution in [0.4, 0.5) is 0 Å². The molecule has 2 aromatic rings. The van der Waals surface area contributed by atoms with E-state index in [9.17, 15) is 9.59 Å². The number of rotatable bonds is 21. The molecule has 15 atom stereocenters. The predicted molar refractivity (Wildman–Crippen MR) is 392 cm³/mol. The molecule has 1 aromatic heterocycles. The highest BCUT2D eigenvalue weighted by Crippen LogP contribution is 2.37. The Morgan fingerprint density at radius 3 is 1.73 bits per heavy atom. The molecule has 5 heterocycles. The van der Waals surface area contributed by atoms with E-state index in [-0.39, 0.29) is 55.7 Å². The quantitative estimate of drug-likeness (QED) is 0.140. The van der Waals surface area contributed by atoms with Gasteiger partial charge in [-0.3, -0.25) is 57.7 Å². The smallest absolute Gasteiger partial charge is 0.269 e. The number of fused-ring (bicyclic) bond motifs is 5. The normalized spacial score (nSPS) is 28.3. The first-order chi connectivity index (χ1) is 48.5. The van der Waals surface area contributed by atoms with Gasteiger partial charge in [-0.2, -0.15) is 15.0 Å². The van der Waals surface area contributed by atoms with Gasteiger partial charge in [0.2, 0.25) is 53.2 Å². The van der Waals surface area contributed by atoms with E-state index in [0.717, 1.165) is 56.4 Å². The molecule has 0 aliphatic carbocycles. The summed E-state index contributed by atoms with van der Waals surface area (Å²) in [5.41, 5.74) is 1.90. The minimum atomic E-state index is -1.35. The zero-order valence-corrected chi connectivity index (χ0v) is 65.7. The molecule has 28 nitrogen and oxygen atoms in total. The number of unbranched alkanes of at least 4 members (excludes halogenated alkanes) is 3. The van der Waals surface area contributed by atoms with E-state index in [0.29, 0.717) is 32.6 Å². The van der Waals surface area contributed by atoms with E-state index < -0.39 is 156 Å². The highest BCUT2D eigenvalue weighted by atomic mass is 16.7. The number of nitrogens with one attached hydrogen (secondary N) is 3. The molecule has 0 saturated carbocycles. The number of likely N-dealkylation sites (N-methyl/N-ethyl adjacent to an activating group) is 6. The monoisotopic (exact) mass is 1440 g/mol. The van der Waals surface area contributed by atoms with Gasteiger partial charge in [-0.1, -0.05) is 101 Å². The lowest BCUT2D eigenvalue weighted by Crippen LogP contribution is -2.69. The van der Waals surface area contributed by atoms with Crippen molar-refractivity contribution < 1.29 is 62.3 Å². The van der Waals surface area contributed by atoms with Crippen molar-refractivity contribution in [1.82, 2.24) is 75.2 Å².